The van der Waals surface area contributed by atoms with Gasteiger partial charge in [-0.15, -0.1) is 0 Å². The van der Waals surface area contributed by atoms with E-state index in [4.69, 9.17) is 23.8 Å². The Morgan fingerprint density at radius 2 is 2.09 bits per heavy atom. The number of nitrogens with zero attached hydrogens (tertiary/aromatic N) is 1. The molecular weight excluding hydrogens is 354 g/mol. The monoisotopic (exact) mass is 367 g/mol. The van der Waals surface area contributed by atoms with Crippen molar-refractivity contribution in [1.29, 1.82) is 0 Å². The summed E-state index contributed by atoms with van der Waals surface area (Å²) in [5.41, 5.74) is 0.904. The molecule has 1 amide bonds. The molecule has 0 aromatic heterocycles. The summed E-state index contributed by atoms with van der Waals surface area (Å²) in [4.78, 5) is 25.1. The van der Waals surface area contributed by atoms with Crippen LogP contribution in [0.15, 0.2) is 46.3 Å². The summed E-state index contributed by atoms with van der Waals surface area (Å²) in [6.45, 7) is 1.70. The minimum absolute atomic E-state index is 0.236. The van der Waals surface area contributed by atoms with Gasteiger partial charge in [0.15, 0.2) is 0 Å². The lowest BCUT2D eigenvalue weighted by molar-refractivity contribution is -0.145. The van der Waals surface area contributed by atoms with Crippen LogP contribution >= 0.6 is 35.6 Å². The number of halogens is 1. The molecule has 0 radical (unpaired) electrons. The normalized spacial score (nSPS) is 18.6. The van der Waals surface area contributed by atoms with Crippen molar-refractivity contribution < 1.29 is 14.7 Å². The van der Waals surface area contributed by atoms with Crippen LogP contribution in [0.4, 0.5) is 0 Å². The molecule has 1 aliphatic rings. The molecule has 1 saturated heterocycles. The number of carboxylic acid groups (broad SMARTS) is 1. The van der Waals surface area contributed by atoms with Gasteiger partial charge in [-0.3, -0.25) is 9.69 Å². The Labute approximate surface area is 148 Å². The van der Waals surface area contributed by atoms with Crippen LogP contribution in [0, 0.1) is 0 Å². The van der Waals surface area contributed by atoms with Crippen LogP contribution in [0.3, 0.4) is 0 Å². The minimum atomic E-state index is -1.07. The first-order valence-electron chi connectivity index (χ1n) is 6.86. The van der Waals surface area contributed by atoms with Crippen molar-refractivity contribution in [1.82, 2.24) is 4.90 Å². The van der Waals surface area contributed by atoms with E-state index in [0.717, 1.165) is 22.2 Å². The number of thiocarbonyl (C=S) groups is 1. The topological polar surface area (TPSA) is 57.6 Å². The molecule has 23 heavy (non-hydrogen) atoms. The van der Waals surface area contributed by atoms with E-state index in [1.54, 1.807) is 13.0 Å². The van der Waals surface area contributed by atoms with Crippen LogP contribution in [0.2, 0.25) is 0 Å². The zero-order valence-electron chi connectivity index (χ0n) is 12.2. The number of carbonyl (C=O) groups is 2. The van der Waals surface area contributed by atoms with Gasteiger partial charge in [-0.2, -0.15) is 0 Å². The molecule has 7 heteroatoms. The highest BCUT2D eigenvalue weighted by molar-refractivity contribution is 8.26. The van der Waals surface area contributed by atoms with E-state index in [9.17, 15) is 14.7 Å². The van der Waals surface area contributed by atoms with Crippen LogP contribution in [0.25, 0.3) is 6.08 Å². The molecule has 120 valence electrons. The lowest BCUT2D eigenvalue weighted by Crippen LogP contribution is -2.43. The van der Waals surface area contributed by atoms with Crippen molar-refractivity contribution in [2.24, 2.45) is 0 Å². The summed E-state index contributed by atoms with van der Waals surface area (Å²) in [7, 11) is 0. The third kappa shape index (κ3) is 4.22. The maximum Gasteiger partial charge on any atom is 0.326 e. The van der Waals surface area contributed by atoms with Crippen molar-refractivity contribution in [2.75, 3.05) is 0 Å². The lowest BCUT2D eigenvalue weighted by Gasteiger charge is -2.21. The van der Waals surface area contributed by atoms with E-state index >= 15 is 0 Å². The van der Waals surface area contributed by atoms with E-state index < -0.39 is 17.9 Å². The van der Waals surface area contributed by atoms with Crippen molar-refractivity contribution in [3.8, 4) is 0 Å². The van der Waals surface area contributed by atoms with Crippen molar-refractivity contribution in [3.05, 3.63) is 51.9 Å². The molecular formula is C16H14ClNO3S2. The summed E-state index contributed by atoms with van der Waals surface area (Å²) in [6.07, 6.45) is 3.52. The lowest BCUT2D eigenvalue weighted by atomic mass is 10.2. The number of benzene rings is 1. The van der Waals surface area contributed by atoms with Gasteiger partial charge >= 0.3 is 5.97 Å². The summed E-state index contributed by atoms with van der Waals surface area (Å²) in [5, 5.41) is 9.59. The number of rotatable bonds is 5. The largest absolute Gasteiger partial charge is 0.480 e. The van der Waals surface area contributed by atoms with Gasteiger partial charge < -0.3 is 5.11 Å². The van der Waals surface area contributed by atoms with Crippen LogP contribution in [0.5, 0.6) is 0 Å². The first kappa shape index (κ1) is 17.7. The third-order valence-electron chi connectivity index (χ3n) is 3.18. The molecule has 1 N–H and O–H groups in total. The molecule has 2 rings (SSSR count). The van der Waals surface area contributed by atoms with Crippen molar-refractivity contribution in [3.63, 3.8) is 0 Å². The van der Waals surface area contributed by atoms with Gasteiger partial charge in [-0.25, -0.2) is 4.79 Å². The molecule has 1 heterocycles. The maximum atomic E-state index is 12.4. The molecule has 1 fully saturated rings. The maximum absolute atomic E-state index is 12.4. The highest BCUT2D eigenvalue weighted by Gasteiger charge is 2.39. The number of amides is 1. The summed E-state index contributed by atoms with van der Waals surface area (Å²) in [6, 6.07) is 8.48. The Morgan fingerprint density at radius 1 is 1.43 bits per heavy atom. The molecule has 1 aromatic rings. The van der Waals surface area contributed by atoms with Gasteiger partial charge in [0.25, 0.3) is 5.91 Å². The van der Waals surface area contributed by atoms with Gasteiger partial charge in [0, 0.05) is 5.03 Å². The Kier molecular flexibility index (Phi) is 5.98. The zero-order valence-corrected chi connectivity index (χ0v) is 14.6. The number of carbonyl (C=O) groups excluding carboxylic acids is 1. The fourth-order valence-electron chi connectivity index (χ4n) is 2.09. The minimum Gasteiger partial charge on any atom is -0.480 e. The molecule has 0 spiro atoms. The molecule has 0 unspecified atom stereocenters. The molecule has 0 saturated carbocycles. The molecule has 4 nitrogen and oxygen atoms in total. The number of allylic oxidation sites excluding steroid dienone is 2. The number of aliphatic carboxylic acids is 1. The molecule has 0 aliphatic carbocycles. The average Bonchev–Trinajstić information content (AvgIpc) is 2.76. The standard InChI is InChI=1S/C16H14ClNO3S2/c1-2-12(15(20)21)18-14(19)13(23-16(18)22)9-11(17)8-10-6-4-3-5-7-10/h3-9,12H,2H2,1H3,(H,20,21)/b11-8-,13-9-/t12-/m0/s1. The van der Waals surface area contributed by atoms with Gasteiger partial charge in [0.05, 0.1) is 4.91 Å². The summed E-state index contributed by atoms with van der Waals surface area (Å²) < 4.78 is 0.236. The van der Waals surface area contributed by atoms with E-state index in [2.05, 4.69) is 0 Å². The smallest absolute Gasteiger partial charge is 0.326 e. The highest BCUT2D eigenvalue weighted by Crippen LogP contribution is 2.34. The second-order valence-electron chi connectivity index (χ2n) is 4.75. The van der Waals surface area contributed by atoms with E-state index in [0.29, 0.717) is 9.94 Å². The fraction of sp³-hybridized carbons (Fsp3) is 0.188. The number of hydrogen-bond donors (Lipinski definition) is 1. The Bertz CT molecular complexity index is 701. The number of hydrogen-bond acceptors (Lipinski definition) is 4. The van der Waals surface area contributed by atoms with Crippen LogP contribution in [0.1, 0.15) is 18.9 Å². The SMILES string of the molecule is CC[C@@H](C(=O)O)N1C(=O)/C(=C/C(Cl)=C/c2ccccc2)SC1=S. The van der Waals surface area contributed by atoms with E-state index in [1.807, 2.05) is 30.3 Å². The predicted octanol–water partition coefficient (Wildman–Crippen LogP) is 3.87. The molecule has 1 aromatic carbocycles. The van der Waals surface area contributed by atoms with Crippen LogP contribution in [-0.4, -0.2) is 32.2 Å². The first-order chi connectivity index (χ1) is 10.9. The molecule has 1 atom stereocenters. The third-order valence-corrected chi connectivity index (χ3v) is 4.73. The quantitative estimate of drug-likeness (QED) is 0.632. The van der Waals surface area contributed by atoms with Gasteiger partial charge in [0.1, 0.15) is 10.4 Å². The fourth-order valence-corrected chi connectivity index (χ4v) is 3.74. The van der Waals surface area contributed by atoms with Gasteiger partial charge in [-0.1, -0.05) is 72.8 Å². The van der Waals surface area contributed by atoms with Crippen molar-refractivity contribution >= 4 is 57.9 Å². The number of thioether (sulfide) groups is 1. The highest BCUT2D eigenvalue weighted by atomic mass is 35.5. The number of carboxylic acids is 1. The molecule has 1 aliphatic heterocycles. The van der Waals surface area contributed by atoms with E-state index in [-0.39, 0.29) is 10.7 Å². The predicted molar refractivity (Wildman–Crippen MR) is 97.1 cm³/mol. The van der Waals surface area contributed by atoms with E-state index in [1.165, 1.54) is 6.08 Å². The second kappa shape index (κ2) is 7.77. The molecule has 0 bridgehead atoms. The average molecular weight is 368 g/mol. The summed E-state index contributed by atoms with van der Waals surface area (Å²) >= 11 is 12.4. The van der Waals surface area contributed by atoms with Crippen molar-refractivity contribution in [2.45, 2.75) is 19.4 Å². The Hall–Kier alpha value is -1.63. The summed E-state index contributed by atoms with van der Waals surface area (Å²) in [5.74, 6) is -1.50. The van der Waals surface area contributed by atoms with Gasteiger partial charge in [-0.05, 0) is 24.1 Å². The Balaban J connectivity index is 2.25. The first-order valence-corrected chi connectivity index (χ1v) is 8.46. The Morgan fingerprint density at radius 3 is 2.65 bits per heavy atom. The van der Waals surface area contributed by atoms with Crippen LogP contribution in [-0.2, 0) is 9.59 Å². The second-order valence-corrected chi connectivity index (χ2v) is 6.87. The van der Waals surface area contributed by atoms with Gasteiger partial charge in [0.2, 0.25) is 0 Å². The zero-order chi connectivity index (χ0) is 17.0. The van der Waals surface area contributed by atoms with Crippen LogP contribution < -0.4 is 0 Å².